The zero-order valence-electron chi connectivity index (χ0n) is 14.8. The Morgan fingerprint density at radius 1 is 1.00 bits per heavy atom. The van der Waals surface area contributed by atoms with Crippen LogP contribution in [0.1, 0.15) is 31.2 Å². The lowest BCUT2D eigenvalue weighted by Crippen LogP contribution is -2.59. The molecule has 1 fully saturated rings. The van der Waals surface area contributed by atoms with Gasteiger partial charge in [-0.05, 0) is 18.4 Å². The molecule has 0 unspecified atom stereocenters. The molecule has 27 heavy (non-hydrogen) atoms. The lowest BCUT2D eigenvalue weighted by molar-refractivity contribution is -0.139. The fraction of sp³-hybridized carbons (Fsp3) is 0.444. The first-order valence-electron chi connectivity index (χ1n) is 8.67. The van der Waals surface area contributed by atoms with Crippen LogP contribution in [0.5, 0.6) is 0 Å². The monoisotopic (exact) mass is 377 g/mol. The second kappa shape index (κ2) is 9.56. The quantitative estimate of drug-likeness (QED) is 0.522. The molecule has 0 radical (unpaired) electrons. The van der Waals surface area contributed by atoms with Crippen LogP contribution in [0, 0.1) is 0 Å². The lowest BCUT2D eigenvalue weighted by Gasteiger charge is -2.28. The zero-order valence-corrected chi connectivity index (χ0v) is 14.8. The van der Waals surface area contributed by atoms with Gasteiger partial charge in [0.15, 0.2) is 0 Å². The van der Waals surface area contributed by atoms with Crippen LogP contribution < -0.4 is 16.0 Å². The summed E-state index contributed by atoms with van der Waals surface area (Å²) in [6.07, 6.45) is 1.58. The van der Waals surface area contributed by atoms with E-state index in [1.165, 1.54) is 0 Å². The van der Waals surface area contributed by atoms with E-state index in [2.05, 4.69) is 16.0 Å². The van der Waals surface area contributed by atoms with Gasteiger partial charge in [0.25, 0.3) is 0 Å². The minimum Gasteiger partial charge on any atom is -0.480 e. The molecule has 0 aliphatic heterocycles. The number of carbonyl (C=O) groups is 4. The number of carboxylic acids is 1. The highest BCUT2D eigenvalue weighted by molar-refractivity contribution is 5.94. The van der Waals surface area contributed by atoms with E-state index >= 15 is 0 Å². The van der Waals surface area contributed by atoms with Gasteiger partial charge in [-0.25, -0.2) is 4.79 Å². The molecule has 9 nitrogen and oxygen atoms in total. The normalized spacial score (nSPS) is 14.8. The van der Waals surface area contributed by atoms with Crippen molar-refractivity contribution in [2.75, 3.05) is 13.1 Å². The maximum Gasteiger partial charge on any atom is 0.407 e. The predicted octanol–water partition coefficient (Wildman–Crippen LogP) is 0.543. The number of ether oxygens (including phenoxy) is 1. The fourth-order valence-corrected chi connectivity index (χ4v) is 2.95. The van der Waals surface area contributed by atoms with Gasteiger partial charge in [-0.15, -0.1) is 0 Å². The molecule has 9 heteroatoms. The Bertz CT molecular complexity index is 686. The molecule has 0 saturated heterocycles. The maximum atomic E-state index is 12.3. The number of aliphatic carboxylic acids is 1. The minimum absolute atomic E-state index is 0.0792. The molecule has 4 N–H and O–H groups in total. The largest absolute Gasteiger partial charge is 0.480 e. The van der Waals surface area contributed by atoms with Gasteiger partial charge < -0.3 is 25.8 Å². The Morgan fingerprint density at radius 2 is 1.67 bits per heavy atom. The Hall–Kier alpha value is -3.10. The molecule has 146 valence electrons. The van der Waals surface area contributed by atoms with Crippen molar-refractivity contribution < 1.29 is 29.0 Å². The summed E-state index contributed by atoms with van der Waals surface area (Å²) in [4.78, 5) is 46.8. The molecule has 0 heterocycles. The van der Waals surface area contributed by atoms with Crippen LogP contribution >= 0.6 is 0 Å². The number of hydrogen-bond donors (Lipinski definition) is 4. The number of carboxylic acid groups (broad SMARTS) is 1. The molecule has 0 spiro atoms. The first-order chi connectivity index (χ1) is 12.9. The van der Waals surface area contributed by atoms with E-state index in [1.807, 2.05) is 18.2 Å². The topological polar surface area (TPSA) is 134 Å². The molecule has 2 rings (SSSR count). The minimum atomic E-state index is -1.16. The zero-order chi connectivity index (χ0) is 19.7. The SMILES string of the molecule is O=C(O)CNC(=O)C1(NC(=O)CNC(=O)OCc2ccccc2)CCCC1. The van der Waals surface area contributed by atoms with Crippen LogP contribution in [-0.4, -0.2) is 47.6 Å². The summed E-state index contributed by atoms with van der Waals surface area (Å²) in [5.74, 6) is -2.23. The molecular formula is C18H23N3O6. The van der Waals surface area contributed by atoms with Crippen molar-refractivity contribution in [2.45, 2.75) is 37.8 Å². The van der Waals surface area contributed by atoms with Crippen molar-refractivity contribution in [1.29, 1.82) is 0 Å². The third-order valence-corrected chi connectivity index (χ3v) is 4.28. The van der Waals surface area contributed by atoms with E-state index in [0.29, 0.717) is 12.8 Å². The summed E-state index contributed by atoms with van der Waals surface area (Å²) >= 11 is 0. The Balaban J connectivity index is 1.79. The molecule has 1 aliphatic carbocycles. The van der Waals surface area contributed by atoms with Crippen molar-refractivity contribution in [3.8, 4) is 0 Å². The van der Waals surface area contributed by atoms with Gasteiger partial charge >= 0.3 is 12.1 Å². The molecule has 3 amide bonds. The second-order valence-corrected chi connectivity index (χ2v) is 6.33. The average Bonchev–Trinajstić information content (AvgIpc) is 3.13. The van der Waals surface area contributed by atoms with Crippen LogP contribution in [0.3, 0.4) is 0 Å². The van der Waals surface area contributed by atoms with Crippen molar-refractivity contribution in [2.24, 2.45) is 0 Å². The van der Waals surface area contributed by atoms with Gasteiger partial charge in [-0.1, -0.05) is 43.2 Å². The number of rotatable bonds is 8. The van der Waals surface area contributed by atoms with Crippen LogP contribution in [0.4, 0.5) is 4.79 Å². The summed E-state index contributed by atoms with van der Waals surface area (Å²) in [5, 5.41) is 16.0. The number of carbonyl (C=O) groups excluding carboxylic acids is 3. The fourth-order valence-electron chi connectivity index (χ4n) is 2.95. The van der Waals surface area contributed by atoms with Crippen molar-refractivity contribution in [3.63, 3.8) is 0 Å². The number of hydrogen-bond acceptors (Lipinski definition) is 5. The van der Waals surface area contributed by atoms with Crippen LogP contribution in [0.15, 0.2) is 30.3 Å². The van der Waals surface area contributed by atoms with E-state index in [-0.39, 0.29) is 13.2 Å². The van der Waals surface area contributed by atoms with Gasteiger partial charge in [0, 0.05) is 0 Å². The van der Waals surface area contributed by atoms with Crippen LogP contribution in [-0.2, 0) is 25.7 Å². The van der Waals surface area contributed by atoms with E-state index < -0.39 is 36.0 Å². The van der Waals surface area contributed by atoms with Crippen molar-refractivity contribution in [3.05, 3.63) is 35.9 Å². The second-order valence-electron chi connectivity index (χ2n) is 6.33. The number of amides is 3. The number of alkyl carbamates (subject to hydrolysis) is 1. The van der Waals surface area contributed by atoms with E-state index in [4.69, 9.17) is 9.84 Å². The molecule has 0 bridgehead atoms. The van der Waals surface area contributed by atoms with E-state index in [1.54, 1.807) is 12.1 Å². The van der Waals surface area contributed by atoms with Gasteiger partial charge in [-0.3, -0.25) is 14.4 Å². The van der Waals surface area contributed by atoms with Crippen molar-refractivity contribution in [1.82, 2.24) is 16.0 Å². The summed E-state index contributed by atoms with van der Waals surface area (Å²) < 4.78 is 5.01. The highest BCUT2D eigenvalue weighted by Gasteiger charge is 2.42. The highest BCUT2D eigenvalue weighted by Crippen LogP contribution is 2.29. The molecular weight excluding hydrogens is 354 g/mol. The molecule has 0 atom stereocenters. The maximum absolute atomic E-state index is 12.3. The van der Waals surface area contributed by atoms with Crippen LogP contribution in [0.25, 0.3) is 0 Å². The Labute approximate surface area is 156 Å². The third-order valence-electron chi connectivity index (χ3n) is 4.28. The number of benzene rings is 1. The van der Waals surface area contributed by atoms with Gasteiger partial charge in [0.05, 0.1) is 0 Å². The Kier molecular flexibility index (Phi) is 7.16. The van der Waals surface area contributed by atoms with Gasteiger partial charge in [0.2, 0.25) is 11.8 Å². The van der Waals surface area contributed by atoms with Crippen molar-refractivity contribution >= 4 is 23.9 Å². The average molecular weight is 377 g/mol. The van der Waals surface area contributed by atoms with E-state index in [9.17, 15) is 19.2 Å². The summed E-state index contributed by atoms with van der Waals surface area (Å²) in [6.45, 7) is -0.780. The number of nitrogens with one attached hydrogen (secondary N) is 3. The molecule has 1 aromatic rings. The summed E-state index contributed by atoms with van der Waals surface area (Å²) in [5.41, 5.74) is -0.320. The third kappa shape index (κ3) is 6.28. The van der Waals surface area contributed by atoms with Crippen LogP contribution in [0.2, 0.25) is 0 Å². The highest BCUT2D eigenvalue weighted by atomic mass is 16.5. The molecule has 1 aromatic carbocycles. The molecule has 1 saturated carbocycles. The first kappa shape index (κ1) is 20.2. The lowest BCUT2D eigenvalue weighted by atomic mass is 9.96. The summed E-state index contributed by atoms with van der Waals surface area (Å²) in [6, 6.07) is 9.10. The predicted molar refractivity (Wildman–Crippen MR) is 94.6 cm³/mol. The molecule has 0 aromatic heterocycles. The summed E-state index contributed by atoms with van der Waals surface area (Å²) in [7, 11) is 0. The Morgan fingerprint density at radius 3 is 2.30 bits per heavy atom. The smallest absolute Gasteiger partial charge is 0.407 e. The first-order valence-corrected chi connectivity index (χ1v) is 8.67. The van der Waals surface area contributed by atoms with Gasteiger partial charge in [0.1, 0.15) is 25.2 Å². The van der Waals surface area contributed by atoms with E-state index in [0.717, 1.165) is 18.4 Å². The molecule has 1 aliphatic rings. The van der Waals surface area contributed by atoms with Gasteiger partial charge in [-0.2, -0.15) is 0 Å². The standard InChI is InChI=1S/C18H23N3O6/c22-14(10-20-17(26)27-12-13-6-2-1-3-7-13)21-18(8-4-5-9-18)16(25)19-11-15(23)24/h1-3,6-7H,4-5,8-12H2,(H,19,25)(H,20,26)(H,21,22)(H,23,24).